The molecule has 0 amide bonds. The highest BCUT2D eigenvalue weighted by atomic mass is 16.5. The van der Waals surface area contributed by atoms with Gasteiger partial charge < -0.3 is 18.9 Å². The Bertz CT molecular complexity index is 785. The second-order valence-electron chi connectivity index (χ2n) is 5.59. The van der Waals surface area contributed by atoms with Gasteiger partial charge in [0.2, 0.25) is 0 Å². The Balaban J connectivity index is 1.40. The van der Waals surface area contributed by atoms with Crippen molar-refractivity contribution in [1.29, 1.82) is 0 Å². The molecule has 0 saturated heterocycles. The van der Waals surface area contributed by atoms with Gasteiger partial charge in [0.25, 0.3) is 0 Å². The molecule has 0 radical (unpaired) electrons. The van der Waals surface area contributed by atoms with E-state index in [1.807, 2.05) is 78.9 Å². The summed E-state index contributed by atoms with van der Waals surface area (Å²) in [5.41, 5.74) is 0. The summed E-state index contributed by atoms with van der Waals surface area (Å²) < 4.78 is 22.5. The Morgan fingerprint density at radius 2 is 1.15 bits per heavy atom. The van der Waals surface area contributed by atoms with Crippen LogP contribution in [0.15, 0.2) is 78.9 Å². The van der Waals surface area contributed by atoms with Crippen LogP contribution in [0.4, 0.5) is 0 Å². The average molecular weight is 350 g/mol. The fourth-order valence-corrected chi connectivity index (χ4v) is 2.40. The van der Waals surface area contributed by atoms with E-state index in [0.29, 0.717) is 13.2 Å². The second kappa shape index (κ2) is 9.37. The van der Waals surface area contributed by atoms with Crippen molar-refractivity contribution in [3.8, 4) is 28.7 Å². The SMILES string of the molecule is COc1ccccc1OCCCOc1ccc(Oc2ccccc2)cc1. The third-order valence-corrected chi connectivity index (χ3v) is 3.69. The number of hydrogen-bond acceptors (Lipinski definition) is 4. The molecule has 4 heteroatoms. The van der Waals surface area contributed by atoms with Gasteiger partial charge in [0.15, 0.2) is 11.5 Å². The van der Waals surface area contributed by atoms with E-state index >= 15 is 0 Å². The molecule has 0 fully saturated rings. The van der Waals surface area contributed by atoms with Gasteiger partial charge in [0.1, 0.15) is 17.2 Å². The van der Waals surface area contributed by atoms with Crippen LogP contribution in [0.25, 0.3) is 0 Å². The van der Waals surface area contributed by atoms with Crippen LogP contribution in [0.3, 0.4) is 0 Å². The number of methoxy groups -OCH3 is 1. The van der Waals surface area contributed by atoms with Crippen LogP contribution in [0.1, 0.15) is 6.42 Å². The largest absolute Gasteiger partial charge is 0.493 e. The monoisotopic (exact) mass is 350 g/mol. The van der Waals surface area contributed by atoms with Gasteiger partial charge in [0, 0.05) is 6.42 Å². The summed E-state index contributed by atoms with van der Waals surface area (Å²) in [7, 11) is 1.64. The first-order valence-electron chi connectivity index (χ1n) is 8.57. The van der Waals surface area contributed by atoms with Crippen LogP contribution in [-0.2, 0) is 0 Å². The number of ether oxygens (including phenoxy) is 4. The molecule has 0 heterocycles. The van der Waals surface area contributed by atoms with Crippen LogP contribution in [0, 0.1) is 0 Å². The van der Waals surface area contributed by atoms with Crippen LogP contribution in [0.5, 0.6) is 28.7 Å². The van der Waals surface area contributed by atoms with Crippen molar-refractivity contribution in [2.45, 2.75) is 6.42 Å². The van der Waals surface area contributed by atoms with E-state index in [4.69, 9.17) is 18.9 Å². The zero-order valence-electron chi connectivity index (χ0n) is 14.8. The standard InChI is InChI=1S/C22H22O4/c1-23-21-10-5-6-11-22(21)25-17-7-16-24-18-12-14-20(15-13-18)26-19-8-3-2-4-9-19/h2-6,8-15H,7,16-17H2,1H3. The maximum atomic E-state index is 5.76. The normalized spacial score (nSPS) is 10.2. The first kappa shape index (κ1) is 17.7. The topological polar surface area (TPSA) is 36.9 Å². The smallest absolute Gasteiger partial charge is 0.161 e. The first-order chi connectivity index (χ1) is 12.8. The van der Waals surface area contributed by atoms with Crippen molar-refractivity contribution in [2.24, 2.45) is 0 Å². The zero-order valence-corrected chi connectivity index (χ0v) is 14.8. The molecule has 134 valence electrons. The molecule has 3 aromatic carbocycles. The molecule has 0 spiro atoms. The lowest BCUT2D eigenvalue weighted by Gasteiger charge is -2.11. The highest BCUT2D eigenvalue weighted by Gasteiger charge is 2.02. The van der Waals surface area contributed by atoms with Gasteiger partial charge in [-0.05, 0) is 48.5 Å². The van der Waals surface area contributed by atoms with E-state index in [1.54, 1.807) is 7.11 Å². The predicted octanol–water partition coefficient (Wildman–Crippen LogP) is 5.34. The molecule has 0 N–H and O–H groups in total. The fraction of sp³-hybridized carbons (Fsp3) is 0.182. The van der Waals surface area contributed by atoms with E-state index in [0.717, 1.165) is 35.2 Å². The Kier molecular flexibility index (Phi) is 6.37. The minimum Gasteiger partial charge on any atom is -0.493 e. The molecule has 0 aromatic heterocycles. The number of rotatable bonds is 9. The molecule has 0 unspecified atom stereocenters. The van der Waals surface area contributed by atoms with Crippen molar-refractivity contribution in [3.63, 3.8) is 0 Å². The van der Waals surface area contributed by atoms with E-state index < -0.39 is 0 Å². The molecule has 0 bridgehead atoms. The van der Waals surface area contributed by atoms with Gasteiger partial charge in [-0.3, -0.25) is 0 Å². The Hall–Kier alpha value is -3.14. The molecule has 0 aliphatic carbocycles. The molecule has 0 aliphatic rings. The molecular weight excluding hydrogens is 328 g/mol. The molecule has 0 saturated carbocycles. The van der Waals surface area contributed by atoms with E-state index in [9.17, 15) is 0 Å². The Morgan fingerprint density at radius 1 is 0.577 bits per heavy atom. The Morgan fingerprint density at radius 3 is 1.88 bits per heavy atom. The minimum absolute atomic E-state index is 0.565. The summed E-state index contributed by atoms with van der Waals surface area (Å²) >= 11 is 0. The third kappa shape index (κ3) is 5.18. The second-order valence-corrected chi connectivity index (χ2v) is 5.59. The van der Waals surface area contributed by atoms with Gasteiger partial charge in [-0.15, -0.1) is 0 Å². The van der Waals surface area contributed by atoms with Crippen molar-refractivity contribution >= 4 is 0 Å². The van der Waals surface area contributed by atoms with Gasteiger partial charge in [-0.1, -0.05) is 30.3 Å². The fourth-order valence-electron chi connectivity index (χ4n) is 2.40. The Labute approximate surface area is 153 Å². The van der Waals surface area contributed by atoms with Crippen molar-refractivity contribution in [3.05, 3.63) is 78.9 Å². The van der Waals surface area contributed by atoms with Gasteiger partial charge in [0.05, 0.1) is 20.3 Å². The minimum atomic E-state index is 0.565. The molecule has 0 aliphatic heterocycles. The van der Waals surface area contributed by atoms with Crippen LogP contribution < -0.4 is 18.9 Å². The van der Waals surface area contributed by atoms with Crippen molar-refractivity contribution in [2.75, 3.05) is 20.3 Å². The summed E-state index contributed by atoms with van der Waals surface area (Å²) in [5.74, 6) is 3.89. The average Bonchev–Trinajstić information content (AvgIpc) is 2.70. The highest BCUT2D eigenvalue weighted by Crippen LogP contribution is 2.26. The van der Waals surface area contributed by atoms with Gasteiger partial charge in [-0.2, -0.15) is 0 Å². The quantitative estimate of drug-likeness (QED) is 0.488. The molecule has 3 rings (SSSR count). The summed E-state index contributed by atoms with van der Waals surface area (Å²) in [6, 6.07) is 24.9. The van der Waals surface area contributed by atoms with Gasteiger partial charge >= 0.3 is 0 Å². The van der Waals surface area contributed by atoms with Crippen molar-refractivity contribution in [1.82, 2.24) is 0 Å². The molecule has 26 heavy (non-hydrogen) atoms. The number of benzene rings is 3. The van der Waals surface area contributed by atoms with E-state index in [2.05, 4.69) is 0 Å². The molecular formula is C22H22O4. The zero-order chi connectivity index (χ0) is 18.0. The summed E-state index contributed by atoms with van der Waals surface area (Å²) in [4.78, 5) is 0. The maximum Gasteiger partial charge on any atom is 0.161 e. The summed E-state index contributed by atoms with van der Waals surface area (Å²) in [6.07, 6.45) is 0.778. The van der Waals surface area contributed by atoms with E-state index in [1.165, 1.54) is 0 Å². The lowest BCUT2D eigenvalue weighted by atomic mass is 10.3. The highest BCUT2D eigenvalue weighted by molar-refractivity contribution is 5.39. The first-order valence-corrected chi connectivity index (χ1v) is 8.57. The third-order valence-electron chi connectivity index (χ3n) is 3.69. The predicted molar refractivity (Wildman–Crippen MR) is 102 cm³/mol. The van der Waals surface area contributed by atoms with Crippen LogP contribution >= 0.6 is 0 Å². The van der Waals surface area contributed by atoms with Crippen LogP contribution in [-0.4, -0.2) is 20.3 Å². The summed E-state index contributed by atoms with van der Waals surface area (Å²) in [5, 5.41) is 0. The molecule has 3 aromatic rings. The maximum absolute atomic E-state index is 5.76. The van der Waals surface area contributed by atoms with E-state index in [-0.39, 0.29) is 0 Å². The lowest BCUT2D eigenvalue weighted by molar-refractivity contribution is 0.240. The molecule has 4 nitrogen and oxygen atoms in total. The number of hydrogen-bond donors (Lipinski definition) is 0. The number of para-hydroxylation sites is 3. The summed E-state index contributed by atoms with van der Waals surface area (Å²) in [6.45, 7) is 1.14. The van der Waals surface area contributed by atoms with Crippen molar-refractivity contribution < 1.29 is 18.9 Å². The van der Waals surface area contributed by atoms with Crippen LogP contribution in [0.2, 0.25) is 0 Å². The molecule has 0 atom stereocenters. The van der Waals surface area contributed by atoms with Gasteiger partial charge in [-0.25, -0.2) is 0 Å². The lowest BCUT2D eigenvalue weighted by Crippen LogP contribution is -2.05.